The molecule has 2 amide bonds. The number of carbonyl (C=O) groups is 3. The number of rotatable bonds is 4. The minimum atomic E-state index is -1.11. The Morgan fingerprint density at radius 2 is 1.76 bits per heavy atom. The Hall–Kier alpha value is -3.48. The van der Waals surface area contributed by atoms with Crippen molar-refractivity contribution in [3.8, 4) is 0 Å². The molecule has 0 aromatic heterocycles. The van der Waals surface area contributed by atoms with Crippen LogP contribution in [0.3, 0.4) is 0 Å². The van der Waals surface area contributed by atoms with Gasteiger partial charge in [-0.1, -0.05) is 30.3 Å². The number of nitrogens with one attached hydrogen (secondary N) is 2. The lowest BCUT2D eigenvalue weighted by Crippen LogP contribution is -2.32. The van der Waals surface area contributed by atoms with Crippen molar-refractivity contribution in [1.82, 2.24) is 5.43 Å². The summed E-state index contributed by atoms with van der Waals surface area (Å²) in [5, 5.41) is 15.2. The van der Waals surface area contributed by atoms with E-state index in [0.29, 0.717) is 11.3 Å². The molecule has 7 heteroatoms. The highest BCUT2D eigenvalue weighted by molar-refractivity contribution is 6.39. The fourth-order valence-corrected chi connectivity index (χ4v) is 2.07. The van der Waals surface area contributed by atoms with Crippen LogP contribution in [0.1, 0.15) is 27.0 Å². The molecule has 0 spiro atoms. The lowest BCUT2D eigenvalue weighted by molar-refractivity contribution is -0.136. The Morgan fingerprint density at radius 3 is 2.48 bits per heavy atom. The molecule has 3 N–H and O–H groups in total. The van der Waals surface area contributed by atoms with Crippen molar-refractivity contribution in [2.24, 2.45) is 5.10 Å². The summed E-state index contributed by atoms with van der Waals surface area (Å²) in [7, 11) is 0. The zero-order valence-corrected chi connectivity index (χ0v) is 13.7. The Morgan fingerprint density at radius 1 is 1.04 bits per heavy atom. The second-order valence-electron chi connectivity index (χ2n) is 5.36. The van der Waals surface area contributed by atoms with Crippen LogP contribution in [0, 0.1) is 13.8 Å². The molecule has 2 rings (SSSR count). The third-order valence-electron chi connectivity index (χ3n) is 3.41. The van der Waals surface area contributed by atoms with Gasteiger partial charge in [0.1, 0.15) is 0 Å². The number of carboxylic acid groups (broad SMARTS) is 1. The number of hydrogen-bond acceptors (Lipinski definition) is 4. The van der Waals surface area contributed by atoms with Gasteiger partial charge in [-0.05, 0) is 37.1 Å². The second-order valence-corrected chi connectivity index (χ2v) is 5.36. The van der Waals surface area contributed by atoms with Crippen molar-refractivity contribution in [2.45, 2.75) is 13.8 Å². The average Bonchev–Trinajstić information content (AvgIpc) is 2.58. The molecule has 0 fully saturated rings. The van der Waals surface area contributed by atoms with Crippen molar-refractivity contribution >= 4 is 29.7 Å². The summed E-state index contributed by atoms with van der Waals surface area (Å²) in [4.78, 5) is 34.8. The number of aromatic carboxylic acids is 1. The van der Waals surface area contributed by atoms with Crippen LogP contribution in [-0.2, 0) is 9.59 Å². The molecular weight excluding hydrogens is 322 g/mol. The molecule has 0 heterocycles. The highest BCUT2D eigenvalue weighted by Gasteiger charge is 2.14. The molecule has 0 bridgehead atoms. The van der Waals surface area contributed by atoms with Crippen LogP contribution in [0.15, 0.2) is 47.6 Å². The van der Waals surface area contributed by atoms with Gasteiger partial charge in [-0.15, -0.1) is 0 Å². The number of hydrogen-bond donors (Lipinski definition) is 3. The van der Waals surface area contributed by atoms with Crippen LogP contribution in [0.5, 0.6) is 0 Å². The Bertz CT molecular complexity index is 859. The van der Waals surface area contributed by atoms with Gasteiger partial charge in [0.15, 0.2) is 0 Å². The van der Waals surface area contributed by atoms with Crippen molar-refractivity contribution in [3.05, 3.63) is 64.7 Å². The maximum atomic E-state index is 11.9. The van der Waals surface area contributed by atoms with Gasteiger partial charge < -0.3 is 10.4 Å². The maximum Gasteiger partial charge on any atom is 0.336 e. The number of aryl methyl sites for hydroxylation is 2. The zero-order valence-electron chi connectivity index (χ0n) is 13.7. The largest absolute Gasteiger partial charge is 0.478 e. The van der Waals surface area contributed by atoms with Crippen LogP contribution >= 0.6 is 0 Å². The van der Waals surface area contributed by atoms with Crippen LogP contribution in [0.4, 0.5) is 5.69 Å². The second kappa shape index (κ2) is 7.87. The molecule has 128 valence electrons. The van der Waals surface area contributed by atoms with Crippen molar-refractivity contribution < 1.29 is 19.5 Å². The average molecular weight is 339 g/mol. The Balaban J connectivity index is 2.01. The van der Waals surface area contributed by atoms with Crippen molar-refractivity contribution in [1.29, 1.82) is 0 Å². The fraction of sp³-hybridized carbons (Fsp3) is 0.111. The number of benzene rings is 2. The maximum absolute atomic E-state index is 11.9. The lowest BCUT2D eigenvalue weighted by atomic mass is 10.1. The number of anilines is 1. The van der Waals surface area contributed by atoms with Crippen molar-refractivity contribution in [3.63, 3.8) is 0 Å². The van der Waals surface area contributed by atoms with E-state index in [-0.39, 0.29) is 5.56 Å². The molecule has 0 aliphatic heterocycles. The summed E-state index contributed by atoms with van der Waals surface area (Å²) in [6.07, 6.45) is 1.17. The minimum Gasteiger partial charge on any atom is -0.478 e. The number of hydrazone groups is 1. The standard InChI is InChI=1S/C18H17N3O4/c1-11-7-8-12(2)15(9-11)20-16(22)17(23)21-19-10-13-5-3-4-6-14(13)18(24)25/h3-10H,1-2H3,(H,20,22)(H,21,23)(H,24,25)/b19-10-. The number of amides is 2. The van der Waals surface area contributed by atoms with Gasteiger partial charge in [-0.3, -0.25) is 9.59 Å². The molecule has 0 aliphatic carbocycles. The van der Waals surface area contributed by atoms with Crippen LogP contribution in [0.25, 0.3) is 0 Å². The summed E-state index contributed by atoms with van der Waals surface area (Å²) in [6.45, 7) is 3.69. The third kappa shape index (κ3) is 4.74. The number of carboxylic acids is 1. The molecular formula is C18H17N3O4. The van der Waals surface area contributed by atoms with Crippen LogP contribution < -0.4 is 10.7 Å². The molecule has 0 saturated heterocycles. The van der Waals surface area contributed by atoms with E-state index < -0.39 is 17.8 Å². The first-order valence-corrected chi connectivity index (χ1v) is 7.42. The minimum absolute atomic E-state index is 0.0420. The van der Waals surface area contributed by atoms with Gasteiger partial charge in [0.2, 0.25) is 0 Å². The first-order chi connectivity index (χ1) is 11.9. The topological polar surface area (TPSA) is 108 Å². The normalized spacial score (nSPS) is 10.5. The molecule has 0 unspecified atom stereocenters. The van der Waals surface area contributed by atoms with E-state index in [1.807, 2.05) is 26.0 Å². The van der Waals surface area contributed by atoms with E-state index in [1.165, 1.54) is 18.3 Å². The van der Waals surface area contributed by atoms with Gasteiger partial charge in [-0.2, -0.15) is 5.10 Å². The fourth-order valence-electron chi connectivity index (χ4n) is 2.07. The summed E-state index contributed by atoms with van der Waals surface area (Å²) >= 11 is 0. The smallest absolute Gasteiger partial charge is 0.336 e. The van der Waals surface area contributed by atoms with E-state index in [2.05, 4.69) is 15.8 Å². The molecule has 0 atom stereocenters. The molecule has 7 nitrogen and oxygen atoms in total. The van der Waals surface area contributed by atoms with Crippen LogP contribution in [-0.4, -0.2) is 29.1 Å². The van der Waals surface area contributed by atoms with Gasteiger partial charge in [-0.25, -0.2) is 10.2 Å². The zero-order chi connectivity index (χ0) is 18.4. The van der Waals surface area contributed by atoms with E-state index in [0.717, 1.165) is 11.1 Å². The van der Waals surface area contributed by atoms with Gasteiger partial charge in [0, 0.05) is 11.3 Å². The molecule has 25 heavy (non-hydrogen) atoms. The molecule has 0 aliphatic rings. The van der Waals surface area contributed by atoms with E-state index in [1.54, 1.807) is 18.2 Å². The Labute approximate surface area is 144 Å². The summed E-state index contributed by atoms with van der Waals surface area (Å²) in [5.74, 6) is -2.93. The molecule has 2 aromatic carbocycles. The number of nitrogens with zero attached hydrogens (tertiary/aromatic N) is 1. The summed E-state index contributed by atoms with van der Waals surface area (Å²) in [5.41, 5.74) is 4.74. The van der Waals surface area contributed by atoms with E-state index >= 15 is 0 Å². The monoisotopic (exact) mass is 339 g/mol. The quantitative estimate of drug-likeness (QED) is 0.450. The predicted molar refractivity (Wildman–Crippen MR) is 93.7 cm³/mol. The molecule has 0 radical (unpaired) electrons. The lowest BCUT2D eigenvalue weighted by Gasteiger charge is -2.08. The molecule has 0 saturated carbocycles. The molecule has 2 aromatic rings. The highest BCUT2D eigenvalue weighted by atomic mass is 16.4. The van der Waals surface area contributed by atoms with E-state index in [9.17, 15) is 14.4 Å². The first kappa shape index (κ1) is 17.9. The summed E-state index contributed by atoms with van der Waals surface area (Å²) in [6, 6.07) is 11.7. The predicted octanol–water partition coefficient (Wildman–Crippen LogP) is 2.09. The van der Waals surface area contributed by atoms with Gasteiger partial charge >= 0.3 is 17.8 Å². The summed E-state index contributed by atoms with van der Waals surface area (Å²) < 4.78 is 0. The van der Waals surface area contributed by atoms with Crippen LogP contribution in [0.2, 0.25) is 0 Å². The third-order valence-corrected chi connectivity index (χ3v) is 3.41. The highest BCUT2D eigenvalue weighted by Crippen LogP contribution is 2.16. The van der Waals surface area contributed by atoms with E-state index in [4.69, 9.17) is 5.11 Å². The SMILES string of the molecule is Cc1ccc(C)c(NC(=O)C(=O)N/N=C\c2ccccc2C(=O)O)c1. The van der Waals surface area contributed by atoms with Crippen molar-refractivity contribution in [2.75, 3.05) is 5.32 Å². The first-order valence-electron chi connectivity index (χ1n) is 7.42. The van der Waals surface area contributed by atoms with Gasteiger partial charge in [0.25, 0.3) is 0 Å². The number of carbonyl (C=O) groups excluding carboxylic acids is 2. The Kier molecular flexibility index (Phi) is 5.62. The van der Waals surface area contributed by atoms with Gasteiger partial charge in [0.05, 0.1) is 11.8 Å².